The van der Waals surface area contributed by atoms with E-state index in [1.807, 2.05) is 11.3 Å². The van der Waals surface area contributed by atoms with Crippen LogP contribution in [0.3, 0.4) is 0 Å². The van der Waals surface area contributed by atoms with Crippen molar-refractivity contribution in [1.29, 1.82) is 0 Å². The minimum atomic E-state index is -0.373. The molecule has 0 saturated carbocycles. The summed E-state index contributed by atoms with van der Waals surface area (Å²) in [4.78, 5) is 21.0. The van der Waals surface area contributed by atoms with Crippen molar-refractivity contribution in [2.24, 2.45) is 0 Å². The van der Waals surface area contributed by atoms with Crippen molar-refractivity contribution in [3.05, 3.63) is 206 Å². The van der Waals surface area contributed by atoms with Crippen molar-refractivity contribution >= 4 is 114 Å². The number of hydrogen-bond acceptors (Lipinski definition) is 7. The number of thiophene rings is 1. The summed E-state index contributed by atoms with van der Waals surface area (Å²) < 4.78 is 4.07. The molecule has 6 heterocycles. The van der Waals surface area contributed by atoms with Gasteiger partial charge in [-0.15, -0.1) is 11.3 Å². The second-order valence-electron chi connectivity index (χ2n) is 17.0. The summed E-state index contributed by atoms with van der Waals surface area (Å²) in [6, 6.07) is 66.1. The predicted molar refractivity (Wildman–Crippen MR) is 267 cm³/mol. The van der Waals surface area contributed by atoms with E-state index in [-0.39, 0.29) is 33.9 Å². The van der Waals surface area contributed by atoms with E-state index in [0.29, 0.717) is 0 Å². The minimum absolute atomic E-state index is 0.126. The van der Waals surface area contributed by atoms with Gasteiger partial charge in [0.2, 0.25) is 0 Å². The molecule has 10 heteroatoms. The Morgan fingerprint density at radius 2 is 0.921 bits per heavy atom. The molecule has 0 saturated heterocycles. The standard InChI is InChI=1S/C53H38B2N6SSe/c1-53(2)43-31-35(54-58(37-19-7-3-8-20-37)49-41-27-15-17-29-45(41)62-51(49)60(54)39-23-11-5-12-24-39)33-56-47(43)48-44(53)32-36(34-57-48)55-59(38-21-9-4-10-22-38)50-42-28-16-18-30-46(42)63-52(50)61(55)40-25-13-6-14-26-40/h3-34H,1-2H3. The molecule has 298 valence electrons. The zero-order valence-corrected chi connectivity index (χ0v) is 37.2. The number of anilines is 8. The first-order chi connectivity index (χ1) is 31.0. The molecule has 6 aromatic carbocycles. The number of nitrogens with zero attached hydrogens (tertiary/aromatic N) is 6. The van der Waals surface area contributed by atoms with Gasteiger partial charge in [0.25, 0.3) is 0 Å². The van der Waals surface area contributed by atoms with Gasteiger partial charge >= 0.3 is 251 Å². The third-order valence-electron chi connectivity index (χ3n) is 13.1. The molecule has 0 N–H and O–H groups in total. The molecule has 6 nitrogen and oxygen atoms in total. The van der Waals surface area contributed by atoms with Gasteiger partial charge in [-0.3, -0.25) is 0 Å². The Kier molecular flexibility index (Phi) is 8.23. The summed E-state index contributed by atoms with van der Waals surface area (Å²) in [6.07, 6.45) is 4.22. The normalized spacial score (nSPS) is 14.8. The molecule has 3 aliphatic rings. The summed E-state index contributed by atoms with van der Waals surface area (Å²) >= 11 is 1.98. The van der Waals surface area contributed by atoms with Gasteiger partial charge in [-0.2, -0.15) is 0 Å². The molecular formula is C53H38B2N6SSe. The fraction of sp³-hybridized carbons (Fsp3) is 0.0566. The van der Waals surface area contributed by atoms with Gasteiger partial charge in [0, 0.05) is 21.5 Å². The number of fused-ring (bicyclic) bond motifs is 9. The molecule has 2 aliphatic heterocycles. The van der Waals surface area contributed by atoms with Crippen LogP contribution in [0.4, 0.5) is 43.7 Å². The molecule has 4 aromatic heterocycles. The summed E-state index contributed by atoms with van der Waals surface area (Å²) in [7, 11) is 0. The van der Waals surface area contributed by atoms with E-state index < -0.39 is 0 Å². The Balaban J connectivity index is 0.966. The van der Waals surface area contributed by atoms with Crippen molar-refractivity contribution in [2.45, 2.75) is 19.3 Å². The Bertz CT molecular complexity index is 3160. The molecular weight excluding hydrogens is 853 g/mol. The molecule has 10 aromatic rings. The number of aromatic nitrogens is 2. The molecule has 63 heavy (non-hydrogen) atoms. The monoisotopic (exact) mass is 892 g/mol. The van der Waals surface area contributed by atoms with E-state index in [1.54, 1.807) is 0 Å². The first-order valence-corrected chi connectivity index (χ1v) is 24.0. The summed E-state index contributed by atoms with van der Waals surface area (Å²) in [5, 5.41) is 3.81. The molecule has 13 rings (SSSR count). The van der Waals surface area contributed by atoms with Gasteiger partial charge in [-0.1, -0.05) is 54.6 Å². The third-order valence-corrected chi connectivity index (χ3v) is 16.7. The maximum absolute atomic E-state index is 5.40. The van der Waals surface area contributed by atoms with Crippen LogP contribution in [0.25, 0.3) is 31.1 Å². The summed E-state index contributed by atoms with van der Waals surface area (Å²) in [6.45, 7) is 4.40. The maximum atomic E-state index is 5.40. The fourth-order valence-corrected chi connectivity index (χ4v) is 14.1. The van der Waals surface area contributed by atoms with Crippen LogP contribution in [0, 0.1) is 0 Å². The molecule has 1 aliphatic carbocycles. The van der Waals surface area contributed by atoms with Crippen LogP contribution in [0.15, 0.2) is 194 Å². The van der Waals surface area contributed by atoms with Crippen LogP contribution >= 0.6 is 11.3 Å². The van der Waals surface area contributed by atoms with Crippen molar-refractivity contribution in [3.63, 3.8) is 0 Å². The quantitative estimate of drug-likeness (QED) is 0.155. The van der Waals surface area contributed by atoms with E-state index in [0.717, 1.165) is 33.7 Å². The first-order valence-electron chi connectivity index (χ1n) is 21.5. The molecule has 0 fully saturated rings. The molecule has 0 amide bonds. The van der Waals surface area contributed by atoms with E-state index in [2.05, 4.69) is 227 Å². The molecule has 0 unspecified atom stereocenters. The Hall–Kier alpha value is -6.83. The predicted octanol–water partition coefficient (Wildman–Crippen LogP) is 11.6. The van der Waals surface area contributed by atoms with Gasteiger partial charge in [-0.05, 0) is 30.3 Å². The Labute approximate surface area is 377 Å². The summed E-state index contributed by atoms with van der Waals surface area (Å²) in [5.41, 5.74) is 13.4. The van der Waals surface area contributed by atoms with E-state index >= 15 is 0 Å². The number of para-hydroxylation sites is 4. The number of hydrogen-bond donors (Lipinski definition) is 0. The van der Waals surface area contributed by atoms with Crippen molar-refractivity contribution in [3.8, 4) is 11.4 Å². The van der Waals surface area contributed by atoms with Crippen molar-refractivity contribution in [2.75, 3.05) is 19.2 Å². The molecule has 0 bridgehead atoms. The van der Waals surface area contributed by atoms with Gasteiger partial charge in [0.15, 0.2) is 0 Å². The number of benzene rings is 6. The number of rotatable bonds is 6. The third kappa shape index (κ3) is 5.45. The van der Waals surface area contributed by atoms with Crippen LogP contribution in [0.1, 0.15) is 25.0 Å². The van der Waals surface area contributed by atoms with Gasteiger partial charge in [0.05, 0.1) is 5.69 Å². The average molecular weight is 892 g/mol. The number of pyridine rings is 2. The first kappa shape index (κ1) is 36.8. The van der Waals surface area contributed by atoms with Crippen molar-refractivity contribution in [1.82, 2.24) is 9.97 Å². The van der Waals surface area contributed by atoms with Crippen LogP contribution in [-0.2, 0) is 5.41 Å². The Morgan fingerprint density at radius 1 is 0.476 bits per heavy atom. The SMILES string of the molecule is CC1(C)c2cc(B3N(c4ccccc4)c4sc5ccccc5c4N3c3ccccc3)cnc2-c2ncc(B3N(c4ccccc4)c4[se]c5ccccc5c4N3c3ccccc3)cc21. The van der Waals surface area contributed by atoms with Crippen LogP contribution in [-0.4, -0.2) is 38.4 Å². The van der Waals surface area contributed by atoms with Crippen LogP contribution in [0.5, 0.6) is 0 Å². The van der Waals surface area contributed by atoms with Crippen LogP contribution < -0.4 is 30.2 Å². The molecule has 0 atom stereocenters. The Morgan fingerprint density at radius 3 is 1.49 bits per heavy atom. The summed E-state index contributed by atoms with van der Waals surface area (Å²) in [5.74, 6) is 0. The zero-order chi connectivity index (χ0) is 41.8. The second-order valence-corrected chi connectivity index (χ2v) is 20.2. The van der Waals surface area contributed by atoms with Crippen LogP contribution in [0.2, 0.25) is 0 Å². The van der Waals surface area contributed by atoms with Gasteiger partial charge in [-0.25, -0.2) is 0 Å². The topological polar surface area (TPSA) is 38.7 Å². The van der Waals surface area contributed by atoms with E-state index in [1.165, 1.54) is 63.2 Å². The zero-order valence-electron chi connectivity index (χ0n) is 34.6. The van der Waals surface area contributed by atoms with Gasteiger partial charge < -0.3 is 0 Å². The van der Waals surface area contributed by atoms with E-state index in [9.17, 15) is 0 Å². The van der Waals surface area contributed by atoms with Crippen molar-refractivity contribution < 1.29 is 0 Å². The van der Waals surface area contributed by atoms with E-state index in [4.69, 9.17) is 9.97 Å². The average Bonchev–Trinajstić information content (AvgIpc) is 4.12. The molecule has 0 spiro atoms. The second kappa shape index (κ2) is 14.1. The van der Waals surface area contributed by atoms with Gasteiger partial charge in [0.1, 0.15) is 5.00 Å². The fourth-order valence-electron chi connectivity index (χ4n) is 10.3. The molecule has 0 radical (unpaired) electrons.